The van der Waals surface area contributed by atoms with Crippen LogP contribution in [-0.4, -0.2) is 24.3 Å². The molecule has 3 N–H and O–H groups in total. The number of hydrogen-bond donors (Lipinski definition) is 2. The molecule has 5 nitrogen and oxygen atoms in total. The van der Waals surface area contributed by atoms with Crippen molar-refractivity contribution in [3.63, 3.8) is 0 Å². The molecule has 5 heteroatoms. The molecule has 0 saturated carbocycles. The molecule has 16 heavy (non-hydrogen) atoms. The van der Waals surface area contributed by atoms with Gasteiger partial charge in [0.15, 0.2) is 12.4 Å². The van der Waals surface area contributed by atoms with Crippen LogP contribution in [0.2, 0.25) is 0 Å². The van der Waals surface area contributed by atoms with E-state index in [0.29, 0.717) is 17.0 Å². The lowest BCUT2D eigenvalue weighted by molar-refractivity contribution is -0.118. The van der Waals surface area contributed by atoms with Crippen molar-refractivity contribution in [1.82, 2.24) is 0 Å². The van der Waals surface area contributed by atoms with E-state index >= 15 is 0 Å². The van der Waals surface area contributed by atoms with E-state index in [1.807, 2.05) is 0 Å². The van der Waals surface area contributed by atoms with Gasteiger partial charge in [-0.3, -0.25) is 9.59 Å². The number of hydrogen-bond acceptors (Lipinski definition) is 4. The zero-order valence-electron chi connectivity index (χ0n) is 8.82. The summed E-state index contributed by atoms with van der Waals surface area (Å²) in [5.41, 5.74) is 6.49. The lowest BCUT2D eigenvalue weighted by Gasteiger charge is -2.18. The molecule has 0 spiro atoms. The number of carbonyl (C=O) groups excluding carboxylic acids is 2. The highest BCUT2D eigenvalue weighted by Crippen LogP contribution is 2.28. The molecular weight excluding hydrogens is 208 g/mol. The van der Waals surface area contributed by atoms with Gasteiger partial charge >= 0.3 is 0 Å². The van der Waals surface area contributed by atoms with Gasteiger partial charge in [0.1, 0.15) is 5.75 Å². The van der Waals surface area contributed by atoms with Crippen molar-refractivity contribution in [3.8, 4) is 5.75 Å². The van der Waals surface area contributed by atoms with Crippen molar-refractivity contribution in [1.29, 1.82) is 0 Å². The number of benzene rings is 1. The third-order valence-electron chi connectivity index (χ3n) is 2.31. The highest BCUT2D eigenvalue weighted by Gasteiger charge is 2.18. The van der Waals surface area contributed by atoms with E-state index in [-0.39, 0.29) is 18.3 Å². The third-order valence-corrected chi connectivity index (χ3v) is 2.31. The molecule has 0 fully saturated rings. The minimum absolute atomic E-state index is 0.00752. The van der Waals surface area contributed by atoms with Gasteiger partial charge in [-0.15, -0.1) is 0 Å². The topological polar surface area (TPSA) is 81.4 Å². The maximum Gasteiger partial charge on any atom is 0.262 e. The van der Waals surface area contributed by atoms with E-state index < -0.39 is 6.04 Å². The van der Waals surface area contributed by atoms with Crippen LogP contribution in [0.3, 0.4) is 0 Å². The molecule has 1 aromatic carbocycles. The van der Waals surface area contributed by atoms with Crippen molar-refractivity contribution in [3.05, 3.63) is 23.8 Å². The summed E-state index contributed by atoms with van der Waals surface area (Å²) in [6.45, 7) is 1.63. The molecule has 1 heterocycles. The van der Waals surface area contributed by atoms with Crippen LogP contribution >= 0.6 is 0 Å². The van der Waals surface area contributed by atoms with Crippen molar-refractivity contribution >= 4 is 17.4 Å². The maximum atomic E-state index is 11.6. The molecule has 1 aliphatic heterocycles. The molecule has 0 radical (unpaired) electrons. The molecule has 84 valence electrons. The number of carbonyl (C=O) groups is 2. The molecule has 2 rings (SSSR count). The van der Waals surface area contributed by atoms with E-state index in [4.69, 9.17) is 10.5 Å². The van der Waals surface area contributed by atoms with Crippen LogP contribution in [0, 0.1) is 0 Å². The lowest BCUT2D eigenvalue weighted by atomic mass is 10.0. The van der Waals surface area contributed by atoms with E-state index in [9.17, 15) is 9.59 Å². The molecule has 0 saturated heterocycles. The molecule has 1 atom stereocenters. The SMILES string of the molecule is CC(N)C(=O)c1ccc2c(c1)NC(=O)CO2. The third kappa shape index (κ3) is 1.90. The van der Waals surface area contributed by atoms with Gasteiger partial charge in [0.25, 0.3) is 5.91 Å². The van der Waals surface area contributed by atoms with Gasteiger partial charge in [-0.05, 0) is 25.1 Å². The predicted molar refractivity (Wildman–Crippen MR) is 58.5 cm³/mol. The number of amides is 1. The highest BCUT2D eigenvalue weighted by atomic mass is 16.5. The normalized spacial score (nSPS) is 15.8. The molecule has 0 aromatic heterocycles. The van der Waals surface area contributed by atoms with E-state index in [0.717, 1.165) is 0 Å². The second-order valence-corrected chi connectivity index (χ2v) is 3.70. The molecular formula is C11H12N2O3. The molecule has 1 aromatic rings. The number of anilines is 1. The smallest absolute Gasteiger partial charge is 0.262 e. The first-order valence-electron chi connectivity index (χ1n) is 4.94. The Morgan fingerprint density at radius 3 is 3.00 bits per heavy atom. The fourth-order valence-corrected chi connectivity index (χ4v) is 1.50. The van der Waals surface area contributed by atoms with E-state index in [1.165, 1.54) is 0 Å². The summed E-state index contributed by atoms with van der Waals surface area (Å²) in [4.78, 5) is 22.7. The molecule has 1 unspecified atom stereocenters. The van der Waals surface area contributed by atoms with Gasteiger partial charge in [0.2, 0.25) is 0 Å². The number of fused-ring (bicyclic) bond motifs is 1. The van der Waals surface area contributed by atoms with Crippen LogP contribution in [0.15, 0.2) is 18.2 Å². The van der Waals surface area contributed by atoms with Crippen LogP contribution < -0.4 is 15.8 Å². The number of ether oxygens (including phenoxy) is 1. The minimum atomic E-state index is -0.557. The average molecular weight is 220 g/mol. The van der Waals surface area contributed by atoms with Gasteiger partial charge in [-0.1, -0.05) is 0 Å². The van der Waals surface area contributed by atoms with Crippen LogP contribution in [0.4, 0.5) is 5.69 Å². The zero-order valence-corrected chi connectivity index (χ0v) is 8.82. The molecule has 0 bridgehead atoms. The Bertz CT molecular complexity index is 455. The molecule has 1 amide bonds. The van der Waals surface area contributed by atoms with Gasteiger partial charge in [0.05, 0.1) is 11.7 Å². The number of nitrogens with one attached hydrogen (secondary N) is 1. The number of nitrogens with two attached hydrogens (primary N) is 1. The first-order chi connectivity index (χ1) is 7.58. The van der Waals surface area contributed by atoms with Crippen molar-refractivity contribution < 1.29 is 14.3 Å². The zero-order chi connectivity index (χ0) is 11.7. The second-order valence-electron chi connectivity index (χ2n) is 3.70. The van der Waals surface area contributed by atoms with Crippen LogP contribution in [-0.2, 0) is 4.79 Å². The first kappa shape index (κ1) is 10.6. The Labute approximate surface area is 92.6 Å². The van der Waals surface area contributed by atoms with Gasteiger partial charge in [-0.25, -0.2) is 0 Å². The Balaban J connectivity index is 2.35. The van der Waals surface area contributed by atoms with Crippen molar-refractivity contribution in [2.24, 2.45) is 5.73 Å². The Hall–Kier alpha value is -1.88. The Morgan fingerprint density at radius 1 is 1.56 bits per heavy atom. The first-order valence-corrected chi connectivity index (χ1v) is 4.94. The second kappa shape index (κ2) is 3.94. The van der Waals surface area contributed by atoms with E-state index in [2.05, 4.69) is 5.32 Å². The van der Waals surface area contributed by atoms with Crippen molar-refractivity contribution in [2.75, 3.05) is 11.9 Å². The van der Waals surface area contributed by atoms with Gasteiger partial charge in [0, 0.05) is 5.56 Å². The van der Waals surface area contributed by atoms with Crippen LogP contribution in [0.1, 0.15) is 17.3 Å². The summed E-state index contributed by atoms with van der Waals surface area (Å²) >= 11 is 0. The predicted octanol–water partition coefficient (Wildman–Crippen LogP) is 0.547. The summed E-state index contributed by atoms with van der Waals surface area (Å²) in [5.74, 6) is 0.182. The number of rotatable bonds is 2. The molecule has 1 aliphatic rings. The lowest BCUT2D eigenvalue weighted by Crippen LogP contribution is -2.28. The monoisotopic (exact) mass is 220 g/mol. The maximum absolute atomic E-state index is 11.6. The van der Waals surface area contributed by atoms with E-state index in [1.54, 1.807) is 25.1 Å². The Kier molecular flexibility index (Phi) is 2.62. The fraction of sp³-hybridized carbons (Fsp3) is 0.273. The van der Waals surface area contributed by atoms with Gasteiger partial charge < -0.3 is 15.8 Å². The summed E-state index contributed by atoms with van der Waals surface area (Å²) in [6.07, 6.45) is 0. The summed E-state index contributed by atoms with van der Waals surface area (Å²) in [7, 11) is 0. The highest BCUT2D eigenvalue weighted by molar-refractivity contribution is 6.02. The number of ketones is 1. The fourth-order valence-electron chi connectivity index (χ4n) is 1.50. The summed E-state index contributed by atoms with van der Waals surface area (Å²) < 4.78 is 5.18. The number of Topliss-reactive ketones (excluding diaryl/α,β-unsaturated/α-hetero) is 1. The minimum Gasteiger partial charge on any atom is -0.482 e. The largest absolute Gasteiger partial charge is 0.482 e. The molecule has 0 aliphatic carbocycles. The summed E-state index contributed by atoms with van der Waals surface area (Å²) in [5, 5.41) is 2.64. The average Bonchev–Trinajstić information content (AvgIpc) is 2.26. The summed E-state index contributed by atoms with van der Waals surface area (Å²) in [6, 6.07) is 4.32. The Morgan fingerprint density at radius 2 is 2.31 bits per heavy atom. The van der Waals surface area contributed by atoms with Crippen LogP contribution in [0.5, 0.6) is 5.75 Å². The van der Waals surface area contributed by atoms with Crippen molar-refractivity contribution in [2.45, 2.75) is 13.0 Å². The standard InChI is InChI=1S/C11H12N2O3/c1-6(12)11(15)7-2-3-9-8(4-7)13-10(14)5-16-9/h2-4,6H,5,12H2,1H3,(H,13,14). The quantitative estimate of drug-likeness (QED) is 0.713. The van der Waals surface area contributed by atoms with Crippen LogP contribution in [0.25, 0.3) is 0 Å². The van der Waals surface area contributed by atoms with Gasteiger partial charge in [-0.2, -0.15) is 0 Å².